The minimum absolute atomic E-state index is 0.122. The fraction of sp³-hybridized carbons (Fsp3) is 0.273. The molecule has 0 bridgehead atoms. The normalized spacial score (nSPS) is 14.1. The van der Waals surface area contributed by atoms with Crippen molar-refractivity contribution in [1.29, 1.82) is 0 Å². The molecule has 0 radical (unpaired) electrons. The molecular formula is C22H22F2N2O4. The van der Waals surface area contributed by atoms with Crippen molar-refractivity contribution in [2.24, 2.45) is 0 Å². The molecule has 8 heteroatoms. The van der Waals surface area contributed by atoms with Crippen molar-refractivity contribution in [3.05, 3.63) is 71.4 Å². The van der Waals surface area contributed by atoms with Gasteiger partial charge in [-0.1, -0.05) is 18.2 Å². The van der Waals surface area contributed by atoms with E-state index in [0.29, 0.717) is 31.9 Å². The number of nitrogens with zero attached hydrogens (tertiary/aromatic N) is 2. The molecule has 30 heavy (non-hydrogen) atoms. The first-order valence-corrected chi connectivity index (χ1v) is 9.35. The van der Waals surface area contributed by atoms with Crippen molar-refractivity contribution in [3.8, 4) is 0 Å². The lowest BCUT2D eigenvalue weighted by atomic mass is 10.0. The Hall–Kier alpha value is -3.10. The first-order chi connectivity index (χ1) is 14.5. The van der Waals surface area contributed by atoms with Gasteiger partial charge in [0.15, 0.2) is 0 Å². The molecule has 6 nitrogen and oxygen atoms in total. The quantitative estimate of drug-likeness (QED) is 0.589. The van der Waals surface area contributed by atoms with Gasteiger partial charge in [-0.05, 0) is 35.9 Å². The predicted molar refractivity (Wildman–Crippen MR) is 108 cm³/mol. The number of imide groups is 1. The van der Waals surface area contributed by atoms with E-state index in [4.69, 9.17) is 9.47 Å². The number of anilines is 1. The number of amides is 2. The summed E-state index contributed by atoms with van der Waals surface area (Å²) in [6.45, 7) is 1.28. The van der Waals surface area contributed by atoms with Crippen molar-refractivity contribution in [1.82, 2.24) is 4.90 Å². The van der Waals surface area contributed by atoms with Gasteiger partial charge < -0.3 is 14.4 Å². The Labute approximate surface area is 173 Å². The minimum atomic E-state index is -0.605. The van der Waals surface area contributed by atoms with Crippen LogP contribution >= 0.6 is 0 Å². The van der Waals surface area contributed by atoms with Crippen LogP contribution in [-0.4, -0.2) is 57.2 Å². The van der Waals surface area contributed by atoms with E-state index in [0.717, 1.165) is 11.0 Å². The first kappa shape index (κ1) is 21.6. The van der Waals surface area contributed by atoms with E-state index >= 15 is 0 Å². The average molecular weight is 416 g/mol. The third kappa shape index (κ3) is 4.39. The van der Waals surface area contributed by atoms with E-state index in [-0.39, 0.29) is 17.0 Å². The van der Waals surface area contributed by atoms with Crippen LogP contribution in [0.3, 0.4) is 0 Å². The van der Waals surface area contributed by atoms with E-state index in [9.17, 15) is 18.4 Å². The molecule has 1 aliphatic rings. The average Bonchev–Trinajstić information content (AvgIpc) is 2.99. The highest BCUT2D eigenvalue weighted by Gasteiger charge is 2.42. The molecule has 1 aliphatic heterocycles. The lowest BCUT2D eigenvalue weighted by molar-refractivity contribution is -0.120. The maximum atomic E-state index is 13.8. The summed E-state index contributed by atoms with van der Waals surface area (Å²) in [5.41, 5.74) is 0.781. The zero-order valence-corrected chi connectivity index (χ0v) is 16.7. The molecule has 2 aromatic rings. The second kappa shape index (κ2) is 9.60. The summed E-state index contributed by atoms with van der Waals surface area (Å²) < 4.78 is 37.5. The fourth-order valence-electron chi connectivity index (χ4n) is 3.28. The lowest BCUT2D eigenvalue weighted by Crippen LogP contribution is -2.37. The summed E-state index contributed by atoms with van der Waals surface area (Å²) >= 11 is 0. The third-order valence-electron chi connectivity index (χ3n) is 4.71. The number of hydrogen-bond donors (Lipinski definition) is 0. The van der Waals surface area contributed by atoms with Gasteiger partial charge in [0, 0.05) is 27.3 Å². The molecule has 2 aromatic carbocycles. The van der Waals surface area contributed by atoms with Gasteiger partial charge in [0.25, 0.3) is 11.8 Å². The van der Waals surface area contributed by atoms with E-state index in [1.165, 1.54) is 56.7 Å². The second-order valence-electron chi connectivity index (χ2n) is 6.63. The van der Waals surface area contributed by atoms with Crippen molar-refractivity contribution in [3.63, 3.8) is 0 Å². The van der Waals surface area contributed by atoms with Crippen LogP contribution in [0.5, 0.6) is 0 Å². The largest absolute Gasteiger partial charge is 0.383 e. The van der Waals surface area contributed by atoms with Gasteiger partial charge in [0.2, 0.25) is 0 Å². The number of rotatable bonds is 9. The predicted octanol–water partition coefficient (Wildman–Crippen LogP) is 2.84. The maximum absolute atomic E-state index is 13.8. The summed E-state index contributed by atoms with van der Waals surface area (Å²) in [6, 6.07) is 10.6. The van der Waals surface area contributed by atoms with Crippen molar-refractivity contribution in [2.45, 2.75) is 0 Å². The number of benzene rings is 2. The van der Waals surface area contributed by atoms with Gasteiger partial charge in [-0.15, -0.1) is 0 Å². The lowest BCUT2D eigenvalue weighted by Gasteiger charge is -2.25. The van der Waals surface area contributed by atoms with Crippen LogP contribution in [-0.2, 0) is 19.1 Å². The highest BCUT2D eigenvalue weighted by Crippen LogP contribution is 2.35. The smallest absolute Gasteiger partial charge is 0.282 e. The molecule has 1 heterocycles. The van der Waals surface area contributed by atoms with Crippen LogP contribution in [0.2, 0.25) is 0 Å². The molecule has 0 saturated carbocycles. The van der Waals surface area contributed by atoms with Crippen molar-refractivity contribution < 1.29 is 27.8 Å². The van der Waals surface area contributed by atoms with Gasteiger partial charge in [0.1, 0.15) is 17.3 Å². The fourth-order valence-corrected chi connectivity index (χ4v) is 3.28. The second-order valence-corrected chi connectivity index (χ2v) is 6.63. The van der Waals surface area contributed by atoms with E-state index < -0.39 is 23.4 Å². The Morgan fingerprint density at radius 2 is 1.50 bits per heavy atom. The van der Waals surface area contributed by atoms with Crippen LogP contribution < -0.4 is 4.90 Å². The number of methoxy groups -OCH3 is 2. The zero-order valence-electron chi connectivity index (χ0n) is 16.7. The summed E-state index contributed by atoms with van der Waals surface area (Å²) in [5.74, 6) is -2.22. The number of hydrogen-bond acceptors (Lipinski definition) is 5. The van der Waals surface area contributed by atoms with Crippen LogP contribution in [0.1, 0.15) is 5.56 Å². The Bertz CT molecular complexity index is 952. The number of carbonyl (C=O) groups excluding carboxylic acids is 2. The van der Waals surface area contributed by atoms with E-state index in [1.54, 1.807) is 4.90 Å². The van der Waals surface area contributed by atoms with E-state index in [1.807, 2.05) is 0 Å². The molecule has 0 atom stereocenters. The third-order valence-corrected chi connectivity index (χ3v) is 4.71. The molecule has 0 saturated heterocycles. The summed E-state index contributed by atoms with van der Waals surface area (Å²) in [6.07, 6.45) is 0. The van der Waals surface area contributed by atoms with E-state index in [2.05, 4.69) is 0 Å². The monoisotopic (exact) mass is 416 g/mol. The molecule has 0 N–H and O–H groups in total. The Balaban J connectivity index is 2.12. The van der Waals surface area contributed by atoms with Gasteiger partial charge in [-0.2, -0.15) is 0 Å². The highest BCUT2D eigenvalue weighted by molar-refractivity contribution is 6.45. The molecule has 0 fully saturated rings. The number of halogens is 2. The highest BCUT2D eigenvalue weighted by atomic mass is 19.1. The Morgan fingerprint density at radius 1 is 0.867 bits per heavy atom. The van der Waals surface area contributed by atoms with Crippen LogP contribution in [0.15, 0.2) is 54.2 Å². The SMILES string of the molecule is COCCN(CCOC)C1=C(c2ccc(F)cc2)C(=O)N(c2cccc(F)c2)C1=O. The first-order valence-electron chi connectivity index (χ1n) is 9.35. The maximum Gasteiger partial charge on any atom is 0.282 e. The standard InChI is InChI=1S/C22H22F2N2O4/c1-29-12-10-25(11-13-30-2)20-19(15-6-8-16(23)9-7-15)21(27)26(22(20)28)18-5-3-4-17(24)14-18/h3-9,14H,10-13H2,1-2H3. The minimum Gasteiger partial charge on any atom is -0.383 e. The Morgan fingerprint density at radius 3 is 2.07 bits per heavy atom. The molecular weight excluding hydrogens is 394 g/mol. The van der Waals surface area contributed by atoms with Crippen LogP contribution in [0.25, 0.3) is 5.57 Å². The molecule has 0 unspecified atom stereocenters. The molecule has 0 aromatic heterocycles. The van der Waals surface area contributed by atoms with Gasteiger partial charge in [0.05, 0.1) is 24.5 Å². The molecule has 158 valence electrons. The summed E-state index contributed by atoms with van der Waals surface area (Å²) in [5, 5.41) is 0. The molecule has 2 amide bonds. The van der Waals surface area contributed by atoms with Gasteiger partial charge >= 0.3 is 0 Å². The summed E-state index contributed by atoms with van der Waals surface area (Å²) in [4.78, 5) is 29.3. The van der Waals surface area contributed by atoms with Crippen molar-refractivity contribution >= 4 is 23.1 Å². The molecule has 0 spiro atoms. The topological polar surface area (TPSA) is 59.1 Å². The van der Waals surface area contributed by atoms with Crippen LogP contribution in [0.4, 0.5) is 14.5 Å². The van der Waals surface area contributed by atoms with Crippen LogP contribution in [0, 0.1) is 11.6 Å². The van der Waals surface area contributed by atoms with Gasteiger partial charge in [-0.25, -0.2) is 13.7 Å². The molecule has 3 rings (SSSR count). The zero-order chi connectivity index (χ0) is 21.7. The summed E-state index contributed by atoms with van der Waals surface area (Å²) in [7, 11) is 3.06. The Kier molecular flexibility index (Phi) is 6.91. The molecule has 0 aliphatic carbocycles. The number of ether oxygens (including phenoxy) is 2. The van der Waals surface area contributed by atoms with Crippen molar-refractivity contribution in [2.75, 3.05) is 45.4 Å². The van der Waals surface area contributed by atoms with Gasteiger partial charge in [-0.3, -0.25) is 9.59 Å². The number of carbonyl (C=O) groups is 2.